The highest BCUT2D eigenvalue weighted by Gasteiger charge is 2.33. The molecule has 1 atom stereocenters. The zero-order valence-corrected chi connectivity index (χ0v) is 23.5. The van der Waals surface area contributed by atoms with Crippen LogP contribution in [-0.4, -0.2) is 50.0 Å². The monoisotopic (exact) mass is 581 g/mol. The first kappa shape index (κ1) is 29.5. The number of rotatable bonds is 10. The number of anilines is 1. The van der Waals surface area contributed by atoms with Gasteiger partial charge in [0.1, 0.15) is 12.6 Å². The van der Waals surface area contributed by atoms with E-state index in [0.29, 0.717) is 17.0 Å². The lowest BCUT2D eigenvalue weighted by atomic mass is 10.1. The summed E-state index contributed by atoms with van der Waals surface area (Å²) in [5.41, 5.74) is 0.603. The smallest absolute Gasteiger partial charge is 0.244 e. The van der Waals surface area contributed by atoms with E-state index in [-0.39, 0.29) is 39.2 Å². The second-order valence-electron chi connectivity index (χ2n) is 8.19. The van der Waals surface area contributed by atoms with E-state index >= 15 is 0 Å². The highest BCUT2D eigenvalue weighted by atomic mass is 35.5. The van der Waals surface area contributed by atoms with Gasteiger partial charge in [-0.25, -0.2) is 8.42 Å². The Labute approximate surface area is 226 Å². The van der Waals surface area contributed by atoms with Gasteiger partial charge >= 0.3 is 0 Å². The summed E-state index contributed by atoms with van der Waals surface area (Å²) in [4.78, 5) is 27.9. The highest BCUT2D eigenvalue weighted by Crippen LogP contribution is 2.35. The lowest BCUT2D eigenvalue weighted by Crippen LogP contribution is -2.53. The number of sulfonamides is 1. The molecule has 2 aromatic carbocycles. The van der Waals surface area contributed by atoms with Crippen LogP contribution in [0.15, 0.2) is 36.4 Å². The van der Waals surface area contributed by atoms with E-state index in [2.05, 4.69) is 5.32 Å². The fourth-order valence-corrected chi connectivity index (χ4v) is 5.15. The van der Waals surface area contributed by atoms with Crippen molar-refractivity contribution in [2.24, 2.45) is 0 Å². The van der Waals surface area contributed by atoms with Gasteiger partial charge in [0.05, 0.1) is 27.0 Å². The quantitative estimate of drug-likeness (QED) is 0.380. The van der Waals surface area contributed by atoms with Crippen LogP contribution in [0, 0.1) is 0 Å². The Morgan fingerprint density at radius 1 is 0.971 bits per heavy atom. The number of halogens is 4. The summed E-state index contributed by atoms with van der Waals surface area (Å²) in [6, 6.07) is 8.48. The van der Waals surface area contributed by atoms with Crippen LogP contribution in [-0.2, 0) is 26.2 Å². The van der Waals surface area contributed by atoms with Crippen LogP contribution in [0.25, 0.3) is 0 Å². The summed E-state index contributed by atoms with van der Waals surface area (Å²) >= 11 is 24.7. The van der Waals surface area contributed by atoms with Crippen LogP contribution in [0.2, 0.25) is 20.1 Å². The highest BCUT2D eigenvalue weighted by molar-refractivity contribution is 7.92. The maximum Gasteiger partial charge on any atom is 0.244 e. The normalized spacial score (nSPS) is 12.4. The molecule has 0 radical (unpaired) electrons. The lowest BCUT2D eigenvalue weighted by molar-refractivity contribution is -0.140. The van der Waals surface area contributed by atoms with Crippen LogP contribution < -0.4 is 9.62 Å². The van der Waals surface area contributed by atoms with Crippen molar-refractivity contribution in [3.8, 4) is 0 Å². The predicted octanol–water partition coefficient (Wildman–Crippen LogP) is 5.40. The van der Waals surface area contributed by atoms with Crippen molar-refractivity contribution in [1.29, 1.82) is 0 Å². The Balaban J connectivity index is 2.53. The minimum Gasteiger partial charge on any atom is -0.352 e. The second kappa shape index (κ2) is 12.5. The number of amides is 2. The molecule has 0 unspecified atom stereocenters. The first-order valence-corrected chi connectivity index (χ1v) is 14.1. The summed E-state index contributed by atoms with van der Waals surface area (Å²) in [6.07, 6.45) is 1.24. The molecule has 0 fully saturated rings. The molecule has 0 aromatic heterocycles. The van der Waals surface area contributed by atoms with Gasteiger partial charge in [0.2, 0.25) is 21.8 Å². The van der Waals surface area contributed by atoms with Gasteiger partial charge in [0.15, 0.2) is 0 Å². The Morgan fingerprint density at radius 3 is 2.11 bits per heavy atom. The second-order valence-corrected chi connectivity index (χ2v) is 11.7. The molecule has 0 spiro atoms. The van der Waals surface area contributed by atoms with Crippen molar-refractivity contribution in [2.45, 2.75) is 45.8 Å². The fraction of sp³-hybridized carbons (Fsp3) is 0.391. The third kappa shape index (κ3) is 7.89. The van der Waals surface area contributed by atoms with Crippen molar-refractivity contribution in [3.63, 3.8) is 0 Å². The summed E-state index contributed by atoms with van der Waals surface area (Å²) < 4.78 is 26.2. The molecule has 0 bridgehead atoms. The molecule has 2 amide bonds. The van der Waals surface area contributed by atoms with Gasteiger partial charge in [0, 0.05) is 17.6 Å². The molecule has 0 saturated heterocycles. The van der Waals surface area contributed by atoms with E-state index in [1.165, 1.54) is 17.0 Å². The number of hydrogen-bond donors (Lipinski definition) is 1. The molecule has 7 nitrogen and oxygen atoms in total. The standard InChI is InChI=1S/C23H27Cl4N3O4S/c1-5-20(23(32)28-14(2)3)29(12-15-8-6-7-9-16(15)24)22(31)13-30(35(4,33)34)21-11-18(26)17(25)10-19(21)27/h6-11,14,20H,5,12-13H2,1-4H3,(H,28,32)/t20-/m1/s1. The zero-order valence-electron chi connectivity index (χ0n) is 19.7. The fourth-order valence-electron chi connectivity index (χ4n) is 3.41. The Hall–Kier alpha value is -1.71. The number of nitrogens with one attached hydrogen (secondary N) is 1. The molecule has 192 valence electrons. The van der Waals surface area contributed by atoms with E-state index in [1.807, 2.05) is 13.8 Å². The van der Waals surface area contributed by atoms with E-state index < -0.39 is 28.5 Å². The van der Waals surface area contributed by atoms with Crippen molar-refractivity contribution >= 4 is 73.9 Å². The first-order valence-electron chi connectivity index (χ1n) is 10.7. The van der Waals surface area contributed by atoms with Crippen molar-refractivity contribution in [2.75, 3.05) is 17.1 Å². The Morgan fingerprint density at radius 2 is 1.57 bits per heavy atom. The Kier molecular flexibility index (Phi) is 10.5. The summed E-state index contributed by atoms with van der Waals surface area (Å²) in [5.74, 6) is -0.982. The van der Waals surface area contributed by atoms with Gasteiger partial charge in [-0.1, -0.05) is 71.5 Å². The molecular formula is C23H27Cl4N3O4S. The third-order valence-corrected chi connectivity index (χ3v) is 7.57. The molecule has 0 aliphatic heterocycles. The van der Waals surface area contributed by atoms with Crippen LogP contribution >= 0.6 is 46.4 Å². The maximum atomic E-state index is 13.6. The number of benzene rings is 2. The molecule has 0 heterocycles. The van der Waals surface area contributed by atoms with Gasteiger partial charge in [-0.2, -0.15) is 0 Å². The van der Waals surface area contributed by atoms with Crippen LogP contribution in [0.5, 0.6) is 0 Å². The molecule has 1 N–H and O–H groups in total. The lowest BCUT2D eigenvalue weighted by Gasteiger charge is -2.33. The van der Waals surface area contributed by atoms with E-state index in [9.17, 15) is 18.0 Å². The van der Waals surface area contributed by atoms with Crippen molar-refractivity contribution in [1.82, 2.24) is 10.2 Å². The molecule has 12 heteroatoms. The van der Waals surface area contributed by atoms with E-state index in [1.54, 1.807) is 31.2 Å². The zero-order chi connectivity index (χ0) is 26.5. The minimum atomic E-state index is -3.98. The van der Waals surface area contributed by atoms with Crippen LogP contribution in [0.3, 0.4) is 0 Å². The average Bonchev–Trinajstić information content (AvgIpc) is 2.74. The van der Waals surface area contributed by atoms with Gasteiger partial charge in [0.25, 0.3) is 0 Å². The third-order valence-electron chi connectivity index (χ3n) is 5.05. The maximum absolute atomic E-state index is 13.6. The predicted molar refractivity (Wildman–Crippen MR) is 143 cm³/mol. The van der Waals surface area contributed by atoms with Gasteiger partial charge < -0.3 is 10.2 Å². The van der Waals surface area contributed by atoms with E-state index in [4.69, 9.17) is 46.4 Å². The van der Waals surface area contributed by atoms with Crippen molar-refractivity contribution in [3.05, 3.63) is 62.1 Å². The van der Waals surface area contributed by atoms with Gasteiger partial charge in [-0.05, 0) is 44.0 Å². The number of nitrogens with zero attached hydrogens (tertiary/aromatic N) is 2. The summed E-state index contributed by atoms with van der Waals surface area (Å²) in [7, 11) is -3.98. The van der Waals surface area contributed by atoms with Crippen LogP contribution in [0.4, 0.5) is 5.69 Å². The average molecular weight is 583 g/mol. The SMILES string of the molecule is CC[C@H](C(=O)NC(C)C)N(Cc1ccccc1Cl)C(=O)CN(c1cc(Cl)c(Cl)cc1Cl)S(C)(=O)=O. The molecule has 35 heavy (non-hydrogen) atoms. The number of hydrogen-bond acceptors (Lipinski definition) is 4. The molecule has 0 aliphatic rings. The topological polar surface area (TPSA) is 86.8 Å². The van der Waals surface area contributed by atoms with E-state index in [0.717, 1.165) is 10.6 Å². The largest absolute Gasteiger partial charge is 0.352 e. The first-order chi connectivity index (χ1) is 16.3. The molecule has 2 rings (SSSR count). The van der Waals surface area contributed by atoms with Gasteiger partial charge in [-0.15, -0.1) is 0 Å². The number of carbonyl (C=O) groups is 2. The molecule has 0 saturated carbocycles. The van der Waals surface area contributed by atoms with Crippen molar-refractivity contribution < 1.29 is 18.0 Å². The minimum absolute atomic E-state index is 0.000119. The molecular weight excluding hydrogens is 556 g/mol. The molecule has 0 aliphatic carbocycles. The summed E-state index contributed by atoms with van der Waals surface area (Å²) in [5, 5.41) is 3.44. The van der Waals surface area contributed by atoms with Crippen LogP contribution in [0.1, 0.15) is 32.8 Å². The number of carbonyl (C=O) groups excluding carboxylic acids is 2. The molecule has 2 aromatic rings. The Bertz CT molecular complexity index is 1190. The van der Waals surface area contributed by atoms with Gasteiger partial charge in [-0.3, -0.25) is 13.9 Å². The summed E-state index contributed by atoms with van der Waals surface area (Å²) in [6.45, 7) is 4.76.